The van der Waals surface area contributed by atoms with Crippen molar-refractivity contribution in [2.75, 3.05) is 0 Å². The molecule has 19 heavy (non-hydrogen) atoms. The van der Waals surface area contributed by atoms with E-state index in [1.807, 2.05) is 18.2 Å². The zero-order valence-corrected chi connectivity index (χ0v) is 12.1. The lowest BCUT2D eigenvalue weighted by molar-refractivity contribution is 0.367. The molecule has 2 aromatic rings. The van der Waals surface area contributed by atoms with E-state index in [9.17, 15) is 4.39 Å². The number of halogens is 2. The maximum atomic E-state index is 14.3. The fourth-order valence-corrected chi connectivity index (χ4v) is 3.24. The van der Waals surface area contributed by atoms with Gasteiger partial charge in [-0.05, 0) is 52.4 Å². The van der Waals surface area contributed by atoms with Gasteiger partial charge in [0.1, 0.15) is 5.82 Å². The minimum Gasteiger partial charge on any atom is -0.321 e. The predicted octanol–water partition coefficient (Wildman–Crippen LogP) is 3.93. The zero-order chi connectivity index (χ0) is 13.5. The smallest absolute Gasteiger partial charge is 0.142 e. The van der Waals surface area contributed by atoms with Crippen molar-refractivity contribution < 1.29 is 4.39 Å². The van der Waals surface area contributed by atoms with Crippen LogP contribution < -0.4 is 5.73 Å². The Morgan fingerprint density at radius 1 is 1.05 bits per heavy atom. The van der Waals surface area contributed by atoms with Crippen molar-refractivity contribution in [1.29, 1.82) is 0 Å². The minimum absolute atomic E-state index is 0.232. The van der Waals surface area contributed by atoms with Crippen LogP contribution in [-0.2, 0) is 18.4 Å². The molecule has 1 atom stereocenters. The Kier molecular flexibility index (Phi) is 3.19. The molecule has 0 bridgehead atoms. The van der Waals surface area contributed by atoms with Crippen molar-refractivity contribution in [2.24, 2.45) is 5.73 Å². The molecule has 0 aliphatic heterocycles. The summed E-state index contributed by atoms with van der Waals surface area (Å²) in [5.74, 6) is -0.232. The Balaban J connectivity index is 2.04. The summed E-state index contributed by atoms with van der Waals surface area (Å²) in [4.78, 5) is 0. The molecule has 0 saturated heterocycles. The van der Waals surface area contributed by atoms with E-state index in [1.54, 1.807) is 12.1 Å². The van der Waals surface area contributed by atoms with Crippen molar-refractivity contribution in [2.45, 2.75) is 24.8 Å². The SMILES string of the molecule is NC1(c2cccc(Br)c2F)CCc2ccccc2C1. The van der Waals surface area contributed by atoms with Crippen LogP contribution >= 0.6 is 15.9 Å². The predicted molar refractivity (Wildman–Crippen MR) is 78.4 cm³/mol. The quantitative estimate of drug-likeness (QED) is 0.846. The first-order valence-corrected chi connectivity index (χ1v) is 7.20. The molecule has 1 nitrogen and oxygen atoms in total. The summed E-state index contributed by atoms with van der Waals surface area (Å²) in [5, 5.41) is 0. The number of benzene rings is 2. The summed E-state index contributed by atoms with van der Waals surface area (Å²) in [7, 11) is 0. The highest BCUT2D eigenvalue weighted by Gasteiger charge is 2.34. The Labute approximate surface area is 120 Å². The third-order valence-corrected chi connectivity index (χ3v) is 4.57. The second-order valence-electron chi connectivity index (χ2n) is 5.20. The van der Waals surface area contributed by atoms with E-state index in [-0.39, 0.29) is 5.82 Å². The highest BCUT2D eigenvalue weighted by molar-refractivity contribution is 9.10. The molecule has 98 valence electrons. The van der Waals surface area contributed by atoms with Gasteiger partial charge < -0.3 is 5.73 Å². The van der Waals surface area contributed by atoms with Crippen LogP contribution in [0.1, 0.15) is 23.1 Å². The molecule has 0 radical (unpaired) electrons. The van der Waals surface area contributed by atoms with Gasteiger partial charge in [0.05, 0.1) is 4.47 Å². The summed E-state index contributed by atoms with van der Waals surface area (Å²) < 4.78 is 14.8. The van der Waals surface area contributed by atoms with Gasteiger partial charge in [0, 0.05) is 11.1 Å². The summed E-state index contributed by atoms with van der Waals surface area (Å²) in [5.41, 5.74) is 9.07. The first-order valence-electron chi connectivity index (χ1n) is 6.40. The molecule has 0 fully saturated rings. The molecule has 1 unspecified atom stereocenters. The highest BCUT2D eigenvalue weighted by atomic mass is 79.9. The van der Waals surface area contributed by atoms with Gasteiger partial charge >= 0.3 is 0 Å². The molecule has 0 spiro atoms. The second-order valence-corrected chi connectivity index (χ2v) is 6.06. The van der Waals surface area contributed by atoms with E-state index in [0.717, 1.165) is 12.8 Å². The van der Waals surface area contributed by atoms with Crippen LogP contribution in [0.4, 0.5) is 4.39 Å². The molecule has 2 aromatic carbocycles. The van der Waals surface area contributed by atoms with Gasteiger partial charge in [-0.2, -0.15) is 0 Å². The third-order valence-electron chi connectivity index (χ3n) is 3.95. The van der Waals surface area contributed by atoms with E-state index < -0.39 is 5.54 Å². The molecule has 1 aliphatic rings. The summed E-state index contributed by atoms with van der Waals surface area (Å²) >= 11 is 3.24. The first kappa shape index (κ1) is 12.8. The maximum Gasteiger partial charge on any atom is 0.142 e. The van der Waals surface area contributed by atoms with Gasteiger partial charge in [0.15, 0.2) is 0 Å². The van der Waals surface area contributed by atoms with Crippen LogP contribution in [0.25, 0.3) is 0 Å². The van der Waals surface area contributed by atoms with Crippen molar-refractivity contribution in [1.82, 2.24) is 0 Å². The topological polar surface area (TPSA) is 26.0 Å². The number of aryl methyl sites for hydroxylation is 1. The van der Waals surface area contributed by atoms with Crippen LogP contribution in [0.15, 0.2) is 46.9 Å². The summed E-state index contributed by atoms with van der Waals surface area (Å²) in [6, 6.07) is 13.6. The van der Waals surface area contributed by atoms with Crippen LogP contribution in [0.2, 0.25) is 0 Å². The third kappa shape index (κ3) is 2.21. The number of rotatable bonds is 1. The van der Waals surface area contributed by atoms with Crippen LogP contribution in [0, 0.1) is 5.82 Å². The van der Waals surface area contributed by atoms with E-state index in [4.69, 9.17) is 5.73 Å². The fourth-order valence-electron chi connectivity index (χ4n) is 2.88. The van der Waals surface area contributed by atoms with Crippen LogP contribution in [-0.4, -0.2) is 0 Å². The van der Waals surface area contributed by atoms with Crippen molar-refractivity contribution in [3.63, 3.8) is 0 Å². The van der Waals surface area contributed by atoms with Gasteiger partial charge in [-0.1, -0.05) is 36.4 Å². The molecular weight excluding hydrogens is 305 g/mol. The van der Waals surface area contributed by atoms with Gasteiger partial charge in [-0.25, -0.2) is 4.39 Å². The average molecular weight is 320 g/mol. The molecule has 3 heteroatoms. The maximum absolute atomic E-state index is 14.3. The monoisotopic (exact) mass is 319 g/mol. The minimum atomic E-state index is -0.609. The number of fused-ring (bicyclic) bond motifs is 1. The van der Waals surface area contributed by atoms with Gasteiger partial charge in [0.2, 0.25) is 0 Å². The molecule has 0 saturated carbocycles. The lowest BCUT2D eigenvalue weighted by Crippen LogP contribution is -2.43. The number of hydrogen-bond donors (Lipinski definition) is 1. The molecule has 3 rings (SSSR count). The van der Waals surface area contributed by atoms with E-state index >= 15 is 0 Å². The van der Waals surface area contributed by atoms with Crippen molar-refractivity contribution in [3.8, 4) is 0 Å². The summed E-state index contributed by atoms with van der Waals surface area (Å²) in [6.07, 6.45) is 2.37. The van der Waals surface area contributed by atoms with Gasteiger partial charge in [0.25, 0.3) is 0 Å². The summed E-state index contributed by atoms with van der Waals surface area (Å²) in [6.45, 7) is 0. The lowest BCUT2D eigenvalue weighted by atomic mass is 9.74. The first-order chi connectivity index (χ1) is 9.10. The van der Waals surface area contributed by atoms with Crippen LogP contribution in [0.3, 0.4) is 0 Å². The largest absolute Gasteiger partial charge is 0.321 e. The van der Waals surface area contributed by atoms with Crippen molar-refractivity contribution >= 4 is 15.9 Å². The molecular formula is C16H15BrFN. The Morgan fingerprint density at radius 2 is 1.79 bits per heavy atom. The molecule has 2 N–H and O–H groups in total. The molecule has 0 amide bonds. The van der Waals surface area contributed by atoms with Crippen LogP contribution in [0.5, 0.6) is 0 Å². The second kappa shape index (κ2) is 4.73. The van der Waals surface area contributed by atoms with E-state index in [0.29, 0.717) is 16.5 Å². The van der Waals surface area contributed by atoms with Crippen molar-refractivity contribution in [3.05, 3.63) is 69.4 Å². The fraction of sp³-hybridized carbons (Fsp3) is 0.250. The molecule has 0 heterocycles. The number of hydrogen-bond acceptors (Lipinski definition) is 1. The van der Waals surface area contributed by atoms with E-state index in [1.165, 1.54) is 11.1 Å². The average Bonchev–Trinajstić information content (AvgIpc) is 2.41. The standard InChI is InChI=1S/C16H15BrFN/c17-14-7-3-6-13(15(14)18)16(19)9-8-11-4-1-2-5-12(11)10-16/h1-7H,8-10,19H2. The zero-order valence-electron chi connectivity index (χ0n) is 10.5. The normalized spacial score (nSPS) is 22.1. The van der Waals surface area contributed by atoms with E-state index in [2.05, 4.69) is 28.1 Å². The number of nitrogens with two attached hydrogens (primary N) is 1. The Morgan fingerprint density at radius 3 is 2.58 bits per heavy atom. The highest BCUT2D eigenvalue weighted by Crippen LogP contribution is 2.36. The molecule has 0 aromatic heterocycles. The Hall–Kier alpha value is -1.19. The Bertz CT molecular complexity index is 626. The van der Waals surface area contributed by atoms with Gasteiger partial charge in [-0.3, -0.25) is 0 Å². The van der Waals surface area contributed by atoms with Gasteiger partial charge in [-0.15, -0.1) is 0 Å². The molecule has 1 aliphatic carbocycles. The lowest BCUT2D eigenvalue weighted by Gasteiger charge is -2.35.